The molecule has 0 saturated carbocycles. The van der Waals surface area contributed by atoms with E-state index in [0.29, 0.717) is 12.8 Å². The van der Waals surface area contributed by atoms with Crippen LogP contribution in [0.15, 0.2) is 12.2 Å². The van der Waals surface area contributed by atoms with Crippen molar-refractivity contribution in [3.8, 4) is 0 Å². The van der Waals surface area contributed by atoms with Crippen LogP contribution < -0.4 is 10.6 Å². The van der Waals surface area contributed by atoms with E-state index in [1.54, 1.807) is 6.08 Å². The minimum atomic E-state index is -3.08. The monoisotopic (exact) mass is 1240 g/mol. The summed E-state index contributed by atoms with van der Waals surface area (Å²) in [4.78, 5) is 38.5. The van der Waals surface area contributed by atoms with E-state index < -0.39 is 155 Å². The second kappa shape index (κ2) is 44.9. The number of carboxylic acids is 1. The molecule has 23 heteroatoms. The molecule has 23 nitrogen and oxygen atoms in total. The molecular formula is C63H116N2O21. The number of nitrogens with one attached hydrogen (secondary N) is 2. The highest BCUT2D eigenvalue weighted by molar-refractivity contribution is 5.77. The van der Waals surface area contributed by atoms with Gasteiger partial charge in [0.15, 0.2) is 12.6 Å². The Labute approximate surface area is 511 Å². The van der Waals surface area contributed by atoms with Gasteiger partial charge in [0.05, 0.1) is 50.7 Å². The first-order valence-corrected chi connectivity index (χ1v) is 33.1. The molecule has 2 amide bonds. The SMILES string of the molecule is CCCCCCCCCCCCCC/C=C/C(O)C(COC1OC(CO)C(OC2OC(CO)C(O)C(OC3(C(=O)O)CC(O)C(NC(C)=O)C(C(O)C(O)CO)O3)C2O)C(O)C1O)NC(=O)CCCCCCCCCCCCCCCCCCCC. The molecule has 0 spiro atoms. The number of carboxylic acid groups (broad SMARTS) is 1. The lowest BCUT2D eigenvalue weighted by molar-refractivity contribution is -0.386. The van der Waals surface area contributed by atoms with Gasteiger partial charge in [0.2, 0.25) is 11.8 Å². The first-order chi connectivity index (χ1) is 41.4. The van der Waals surface area contributed by atoms with E-state index in [4.69, 9.17) is 28.4 Å². The zero-order valence-corrected chi connectivity index (χ0v) is 52.2. The molecular weight excluding hydrogens is 1120 g/mol. The Morgan fingerprint density at radius 3 is 1.55 bits per heavy atom. The van der Waals surface area contributed by atoms with Crippen molar-refractivity contribution in [1.29, 1.82) is 0 Å². The number of hydrogen-bond acceptors (Lipinski definition) is 20. The van der Waals surface area contributed by atoms with Crippen LogP contribution in [0.5, 0.6) is 0 Å². The second-order valence-corrected chi connectivity index (χ2v) is 24.3. The molecule has 0 aromatic carbocycles. The Morgan fingerprint density at radius 1 is 0.605 bits per heavy atom. The maximum absolute atomic E-state index is 13.4. The van der Waals surface area contributed by atoms with E-state index in [-0.39, 0.29) is 12.3 Å². The van der Waals surface area contributed by atoms with E-state index in [9.17, 15) is 75.7 Å². The number of aliphatic carboxylic acids is 1. The van der Waals surface area contributed by atoms with Gasteiger partial charge in [-0.1, -0.05) is 206 Å². The van der Waals surface area contributed by atoms with Gasteiger partial charge in [0, 0.05) is 19.8 Å². The van der Waals surface area contributed by atoms with Crippen molar-refractivity contribution in [1.82, 2.24) is 10.6 Å². The lowest BCUT2D eigenvalue weighted by Gasteiger charge is -2.50. The fourth-order valence-electron chi connectivity index (χ4n) is 11.6. The van der Waals surface area contributed by atoms with Gasteiger partial charge in [-0.15, -0.1) is 0 Å². The summed E-state index contributed by atoms with van der Waals surface area (Å²) in [5, 5.41) is 136. The van der Waals surface area contributed by atoms with Crippen LogP contribution in [0.25, 0.3) is 0 Å². The molecule has 0 bridgehead atoms. The van der Waals surface area contributed by atoms with E-state index in [0.717, 1.165) is 51.9 Å². The van der Waals surface area contributed by atoms with Gasteiger partial charge >= 0.3 is 5.97 Å². The standard InChI is InChI=1S/C63H116N2O21/c1-4-6-8-10-12-14-16-18-20-21-22-23-25-27-29-31-33-35-37-50(73)65-44(45(70)36-34-32-30-28-26-24-19-17-15-13-11-9-7-5-2)42-81-60-55(77)54(76)57(49(41-68)83-60)84-61-56(78)59(53(75)48(40-67)82-61)86-63(62(79)80)38-46(71)51(64-43(3)69)58(85-63)52(74)47(72)39-66/h34,36,44-49,51-61,66-68,70-72,74-78H,4-33,35,37-42H2,1-3H3,(H,64,69)(H,65,73)(H,79,80)/b36-34+. The van der Waals surface area contributed by atoms with Gasteiger partial charge in [0.25, 0.3) is 5.79 Å². The third-order valence-electron chi connectivity index (χ3n) is 17.0. The molecule has 86 heavy (non-hydrogen) atoms. The van der Waals surface area contributed by atoms with E-state index in [1.807, 2.05) is 6.08 Å². The maximum atomic E-state index is 13.4. The van der Waals surface area contributed by atoms with Crippen LogP contribution >= 0.6 is 0 Å². The zero-order valence-electron chi connectivity index (χ0n) is 52.2. The number of allylic oxidation sites excluding steroid dienone is 1. The summed E-state index contributed by atoms with van der Waals surface area (Å²) in [6.07, 6.45) is 11.2. The quantitative estimate of drug-likeness (QED) is 0.0289. The summed E-state index contributed by atoms with van der Waals surface area (Å²) in [6.45, 7) is 2.13. The van der Waals surface area contributed by atoms with Crippen LogP contribution in [0.1, 0.15) is 233 Å². The van der Waals surface area contributed by atoms with Crippen LogP contribution in [0.4, 0.5) is 0 Å². The van der Waals surface area contributed by atoms with Crippen LogP contribution in [0.2, 0.25) is 0 Å². The van der Waals surface area contributed by atoms with Crippen molar-refractivity contribution >= 4 is 17.8 Å². The summed E-state index contributed by atoms with van der Waals surface area (Å²) in [7, 11) is 0. The lowest BCUT2D eigenvalue weighted by Crippen LogP contribution is -2.70. The summed E-state index contributed by atoms with van der Waals surface area (Å²) in [6, 6.07) is -2.61. The number of aliphatic hydroxyl groups excluding tert-OH is 11. The number of unbranched alkanes of at least 4 members (excludes halogenated alkanes) is 29. The number of carbonyl (C=O) groups excluding carboxylic acids is 2. The molecule has 0 aliphatic carbocycles. The molecule has 0 aromatic rings. The Morgan fingerprint density at radius 2 is 1.08 bits per heavy atom. The van der Waals surface area contributed by atoms with Crippen molar-refractivity contribution < 1.29 is 104 Å². The Balaban J connectivity index is 1.63. The van der Waals surface area contributed by atoms with Crippen molar-refractivity contribution in [2.75, 3.05) is 26.4 Å². The third kappa shape index (κ3) is 27.9. The summed E-state index contributed by atoms with van der Waals surface area (Å²) in [5.74, 6) is -6.14. The fraction of sp³-hybridized carbons (Fsp3) is 0.921. The number of amides is 2. The number of rotatable bonds is 49. The first kappa shape index (κ1) is 77.7. The molecule has 18 unspecified atom stereocenters. The van der Waals surface area contributed by atoms with Gasteiger partial charge < -0.3 is 100 Å². The highest BCUT2D eigenvalue weighted by Gasteiger charge is 2.60. The minimum absolute atomic E-state index is 0.205. The van der Waals surface area contributed by atoms with E-state index in [1.165, 1.54) is 141 Å². The van der Waals surface area contributed by atoms with E-state index in [2.05, 4.69) is 24.5 Å². The average molecular weight is 1240 g/mol. The molecule has 3 heterocycles. The lowest BCUT2D eigenvalue weighted by atomic mass is 9.88. The molecule has 504 valence electrons. The Hall–Kier alpha value is -2.53. The minimum Gasteiger partial charge on any atom is -0.477 e. The highest BCUT2D eigenvalue weighted by Crippen LogP contribution is 2.38. The average Bonchev–Trinajstić information content (AvgIpc) is 1.48. The molecule has 0 radical (unpaired) electrons. The zero-order chi connectivity index (χ0) is 63.3. The largest absolute Gasteiger partial charge is 0.477 e. The van der Waals surface area contributed by atoms with Gasteiger partial charge in [-0.2, -0.15) is 0 Å². The van der Waals surface area contributed by atoms with Crippen molar-refractivity contribution in [3.63, 3.8) is 0 Å². The molecule has 3 fully saturated rings. The molecule has 3 rings (SSSR count). The summed E-state index contributed by atoms with van der Waals surface area (Å²) < 4.78 is 34.7. The van der Waals surface area contributed by atoms with Crippen molar-refractivity contribution in [3.05, 3.63) is 12.2 Å². The van der Waals surface area contributed by atoms with Gasteiger partial charge in [-0.3, -0.25) is 9.59 Å². The number of hydrogen-bond donors (Lipinski definition) is 14. The normalized spacial score (nSPS) is 29.4. The smallest absolute Gasteiger partial charge is 0.364 e. The second-order valence-electron chi connectivity index (χ2n) is 24.3. The summed E-state index contributed by atoms with van der Waals surface area (Å²) in [5.41, 5.74) is 0. The predicted molar refractivity (Wildman–Crippen MR) is 320 cm³/mol. The van der Waals surface area contributed by atoms with Crippen LogP contribution in [-0.4, -0.2) is 215 Å². The molecule has 14 N–H and O–H groups in total. The van der Waals surface area contributed by atoms with Crippen molar-refractivity contribution in [2.24, 2.45) is 0 Å². The third-order valence-corrected chi connectivity index (χ3v) is 17.0. The van der Waals surface area contributed by atoms with E-state index >= 15 is 0 Å². The number of carbonyl (C=O) groups is 3. The Kier molecular flexibility index (Phi) is 40.5. The molecule has 3 aliphatic rings. The van der Waals surface area contributed by atoms with Crippen molar-refractivity contribution in [2.45, 2.75) is 342 Å². The van der Waals surface area contributed by atoms with Crippen LogP contribution in [-0.2, 0) is 42.8 Å². The predicted octanol–water partition coefficient (Wildman–Crippen LogP) is 4.73. The maximum Gasteiger partial charge on any atom is 0.364 e. The number of ether oxygens (including phenoxy) is 6. The highest BCUT2D eigenvalue weighted by atomic mass is 16.8. The van der Waals surface area contributed by atoms with Crippen LogP contribution in [0, 0.1) is 0 Å². The number of aliphatic hydroxyl groups is 11. The topological polar surface area (TPSA) is 373 Å². The van der Waals surface area contributed by atoms with Crippen LogP contribution in [0.3, 0.4) is 0 Å². The van der Waals surface area contributed by atoms with Gasteiger partial charge in [-0.05, 0) is 19.3 Å². The molecule has 18 atom stereocenters. The molecule has 3 saturated heterocycles. The molecule has 3 aliphatic heterocycles. The first-order valence-electron chi connectivity index (χ1n) is 33.1. The Bertz CT molecular complexity index is 1810. The summed E-state index contributed by atoms with van der Waals surface area (Å²) >= 11 is 0. The van der Waals surface area contributed by atoms with Gasteiger partial charge in [0.1, 0.15) is 67.1 Å². The van der Waals surface area contributed by atoms with Gasteiger partial charge in [-0.25, -0.2) is 4.79 Å². The molecule has 0 aromatic heterocycles. The fourth-order valence-corrected chi connectivity index (χ4v) is 11.6.